The van der Waals surface area contributed by atoms with E-state index in [0.717, 1.165) is 19.8 Å². The monoisotopic (exact) mass is 289 g/mol. The molecule has 0 radical (unpaired) electrons. The molecule has 1 unspecified atom stereocenters. The highest BCUT2D eigenvalue weighted by molar-refractivity contribution is 9.11. The first-order valence-electron chi connectivity index (χ1n) is 5.40. The Balaban J connectivity index is 1.65. The molecule has 84 valence electrons. The van der Waals surface area contributed by atoms with Gasteiger partial charge < -0.3 is 10.1 Å². The van der Waals surface area contributed by atoms with Crippen LogP contribution >= 0.6 is 27.3 Å². The molecule has 2 nitrogen and oxygen atoms in total. The second kappa shape index (κ2) is 5.99. The summed E-state index contributed by atoms with van der Waals surface area (Å²) < 4.78 is 6.88. The number of hydrogen-bond acceptors (Lipinski definition) is 3. The molecule has 0 aliphatic carbocycles. The highest BCUT2D eigenvalue weighted by Gasteiger charge is 2.12. The second-order valence-electron chi connectivity index (χ2n) is 3.87. The van der Waals surface area contributed by atoms with E-state index < -0.39 is 0 Å². The van der Waals surface area contributed by atoms with Gasteiger partial charge in [0.25, 0.3) is 0 Å². The lowest BCUT2D eigenvalue weighted by molar-refractivity contribution is 0.0928. The molecule has 1 atom stereocenters. The maximum atomic E-state index is 5.70. The molecule has 0 aromatic carbocycles. The van der Waals surface area contributed by atoms with Gasteiger partial charge in [-0.2, -0.15) is 0 Å². The number of hydrogen-bond donors (Lipinski definition) is 1. The van der Waals surface area contributed by atoms with Gasteiger partial charge in [-0.15, -0.1) is 11.3 Å². The Morgan fingerprint density at radius 3 is 3.07 bits per heavy atom. The third-order valence-electron chi connectivity index (χ3n) is 2.60. The van der Waals surface area contributed by atoms with Crippen LogP contribution in [0.5, 0.6) is 0 Å². The molecule has 15 heavy (non-hydrogen) atoms. The molecule has 1 aromatic rings. The lowest BCUT2D eigenvalue weighted by atomic mass is 10.1. The normalized spacial score (nSPS) is 21.8. The van der Waals surface area contributed by atoms with Crippen LogP contribution in [0.1, 0.15) is 24.1 Å². The fourth-order valence-corrected chi connectivity index (χ4v) is 3.22. The molecular formula is C11H16BrNOS. The van der Waals surface area contributed by atoms with Crippen LogP contribution in [0.4, 0.5) is 0 Å². The Morgan fingerprint density at radius 2 is 2.40 bits per heavy atom. The third kappa shape index (κ3) is 3.87. The second-order valence-corrected chi connectivity index (χ2v) is 6.42. The van der Waals surface area contributed by atoms with Gasteiger partial charge >= 0.3 is 0 Å². The molecule has 0 amide bonds. The summed E-state index contributed by atoms with van der Waals surface area (Å²) in [6, 6.07) is 4.76. The largest absolute Gasteiger partial charge is 0.374 e. The molecule has 2 heterocycles. The highest BCUT2D eigenvalue weighted by atomic mass is 79.9. The molecule has 1 fully saturated rings. The van der Waals surface area contributed by atoms with Gasteiger partial charge in [0.1, 0.15) is 0 Å². The SMILES string of the molecule is Brc1ccc(COCC2CCCCN2)s1. The number of piperidine rings is 1. The summed E-state index contributed by atoms with van der Waals surface area (Å²) in [5.41, 5.74) is 0. The van der Waals surface area contributed by atoms with Crippen LogP contribution in [0.25, 0.3) is 0 Å². The Labute approximate surface area is 103 Å². The Bertz CT molecular complexity index is 297. The lowest BCUT2D eigenvalue weighted by Crippen LogP contribution is -2.37. The summed E-state index contributed by atoms with van der Waals surface area (Å²) in [6.07, 6.45) is 3.91. The van der Waals surface area contributed by atoms with E-state index in [4.69, 9.17) is 4.74 Å². The first kappa shape index (κ1) is 11.6. The molecule has 4 heteroatoms. The van der Waals surface area contributed by atoms with Crippen LogP contribution in [0.2, 0.25) is 0 Å². The minimum Gasteiger partial charge on any atom is -0.374 e. The van der Waals surface area contributed by atoms with Gasteiger partial charge in [-0.1, -0.05) is 6.42 Å². The quantitative estimate of drug-likeness (QED) is 0.919. The van der Waals surface area contributed by atoms with Crippen molar-refractivity contribution < 1.29 is 4.74 Å². The van der Waals surface area contributed by atoms with E-state index in [9.17, 15) is 0 Å². The summed E-state index contributed by atoms with van der Waals surface area (Å²) in [6.45, 7) is 2.74. The molecule has 0 spiro atoms. The van der Waals surface area contributed by atoms with E-state index in [-0.39, 0.29) is 0 Å². The number of ether oxygens (including phenoxy) is 1. The maximum absolute atomic E-state index is 5.70. The van der Waals surface area contributed by atoms with Gasteiger partial charge in [-0.05, 0) is 47.4 Å². The molecule has 1 aliphatic heterocycles. The summed E-state index contributed by atoms with van der Waals surface area (Å²) >= 11 is 5.20. The van der Waals surface area contributed by atoms with Gasteiger partial charge in [0.2, 0.25) is 0 Å². The van der Waals surface area contributed by atoms with Crippen LogP contribution in [-0.4, -0.2) is 19.2 Å². The molecule has 1 saturated heterocycles. The molecule has 2 rings (SSSR count). The van der Waals surface area contributed by atoms with Crippen molar-refractivity contribution in [3.8, 4) is 0 Å². The average Bonchev–Trinajstić information content (AvgIpc) is 2.66. The van der Waals surface area contributed by atoms with Gasteiger partial charge in [-0.3, -0.25) is 0 Å². The van der Waals surface area contributed by atoms with Crippen LogP contribution < -0.4 is 5.32 Å². The topological polar surface area (TPSA) is 21.3 Å². The van der Waals surface area contributed by atoms with E-state index in [1.165, 1.54) is 27.9 Å². The van der Waals surface area contributed by atoms with Gasteiger partial charge in [0, 0.05) is 10.9 Å². The third-order valence-corrected chi connectivity index (χ3v) is 4.20. The molecule has 0 saturated carbocycles. The van der Waals surface area contributed by atoms with Crippen LogP contribution in [0.3, 0.4) is 0 Å². The van der Waals surface area contributed by atoms with Crippen molar-refractivity contribution in [2.75, 3.05) is 13.2 Å². The van der Waals surface area contributed by atoms with E-state index in [1.807, 2.05) is 0 Å². The van der Waals surface area contributed by atoms with E-state index in [2.05, 4.69) is 33.4 Å². The fraction of sp³-hybridized carbons (Fsp3) is 0.636. The van der Waals surface area contributed by atoms with Gasteiger partial charge in [0.05, 0.1) is 17.0 Å². The zero-order valence-electron chi connectivity index (χ0n) is 8.67. The van der Waals surface area contributed by atoms with Crippen molar-refractivity contribution in [1.29, 1.82) is 0 Å². The van der Waals surface area contributed by atoms with E-state index in [0.29, 0.717) is 6.04 Å². The zero-order valence-corrected chi connectivity index (χ0v) is 11.1. The molecule has 1 aromatic heterocycles. The predicted octanol–water partition coefficient (Wildman–Crippen LogP) is 3.17. The summed E-state index contributed by atoms with van der Waals surface area (Å²) in [5.74, 6) is 0. The number of halogens is 1. The standard InChI is InChI=1S/C11H16BrNOS/c12-11-5-4-10(15-11)8-14-7-9-3-1-2-6-13-9/h4-5,9,13H,1-3,6-8H2. The minimum absolute atomic E-state index is 0.571. The maximum Gasteiger partial charge on any atom is 0.0810 e. The van der Waals surface area contributed by atoms with Crippen molar-refractivity contribution in [1.82, 2.24) is 5.32 Å². The smallest absolute Gasteiger partial charge is 0.0810 e. The number of nitrogens with one attached hydrogen (secondary N) is 1. The van der Waals surface area contributed by atoms with Crippen molar-refractivity contribution >= 4 is 27.3 Å². The van der Waals surface area contributed by atoms with Crippen LogP contribution in [-0.2, 0) is 11.3 Å². The highest BCUT2D eigenvalue weighted by Crippen LogP contribution is 2.22. The molecule has 0 bridgehead atoms. The first-order chi connectivity index (χ1) is 7.34. The number of thiophene rings is 1. The van der Waals surface area contributed by atoms with Crippen molar-refractivity contribution in [2.45, 2.75) is 31.9 Å². The van der Waals surface area contributed by atoms with E-state index in [1.54, 1.807) is 11.3 Å². The first-order valence-corrected chi connectivity index (χ1v) is 7.01. The molecule has 1 N–H and O–H groups in total. The van der Waals surface area contributed by atoms with Crippen molar-refractivity contribution in [3.05, 3.63) is 20.8 Å². The van der Waals surface area contributed by atoms with Gasteiger partial charge in [0.15, 0.2) is 0 Å². The molecule has 1 aliphatic rings. The van der Waals surface area contributed by atoms with Crippen LogP contribution in [0, 0.1) is 0 Å². The summed E-state index contributed by atoms with van der Waals surface area (Å²) in [5, 5.41) is 3.48. The zero-order chi connectivity index (χ0) is 10.5. The number of rotatable bonds is 4. The van der Waals surface area contributed by atoms with Crippen LogP contribution in [0.15, 0.2) is 15.9 Å². The summed E-state index contributed by atoms with van der Waals surface area (Å²) in [4.78, 5) is 1.29. The Kier molecular flexibility index (Phi) is 4.62. The predicted molar refractivity (Wildman–Crippen MR) is 67.3 cm³/mol. The Morgan fingerprint density at radius 1 is 1.47 bits per heavy atom. The van der Waals surface area contributed by atoms with Crippen molar-refractivity contribution in [2.24, 2.45) is 0 Å². The lowest BCUT2D eigenvalue weighted by Gasteiger charge is -2.22. The minimum atomic E-state index is 0.571. The summed E-state index contributed by atoms with van der Waals surface area (Å²) in [7, 11) is 0. The molecular weight excluding hydrogens is 274 g/mol. The van der Waals surface area contributed by atoms with Crippen molar-refractivity contribution in [3.63, 3.8) is 0 Å². The van der Waals surface area contributed by atoms with E-state index >= 15 is 0 Å². The average molecular weight is 290 g/mol. The Hall–Kier alpha value is 0.1000. The van der Waals surface area contributed by atoms with Gasteiger partial charge in [-0.25, -0.2) is 0 Å². The fourth-order valence-electron chi connectivity index (χ4n) is 1.80.